The van der Waals surface area contributed by atoms with Gasteiger partial charge in [-0.1, -0.05) is 19.8 Å². The van der Waals surface area contributed by atoms with Gasteiger partial charge in [-0.2, -0.15) is 12.6 Å². The third kappa shape index (κ3) is 3.67. The van der Waals surface area contributed by atoms with Crippen molar-refractivity contribution >= 4 is 30.0 Å². The van der Waals surface area contributed by atoms with Gasteiger partial charge in [0.25, 0.3) is 0 Å². The predicted octanol–water partition coefficient (Wildman–Crippen LogP) is 3.91. The molecule has 2 saturated heterocycles. The molecule has 112 valence electrons. The molecule has 0 bridgehead atoms. The fourth-order valence-electron chi connectivity index (χ4n) is 3.71. The Bertz CT molecular complexity index is 299. The minimum absolute atomic E-state index is 0.135. The van der Waals surface area contributed by atoms with Gasteiger partial charge in [0.05, 0.1) is 0 Å². The van der Waals surface area contributed by atoms with E-state index < -0.39 is 17.4 Å². The first-order chi connectivity index (χ1) is 8.99. The van der Waals surface area contributed by atoms with Crippen LogP contribution in [0, 0.1) is 0 Å². The van der Waals surface area contributed by atoms with Crippen molar-refractivity contribution in [3.05, 3.63) is 0 Å². The molecule has 2 rings (SSSR count). The molecule has 2 fully saturated rings. The Morgan fingerprint density at radius 3 is 2.74 bits per heavy atom. The van der Waals surface area contributed by atoms with Crippen molar-refractivity contribution in [1.29, 1.82) is 0 Å². The van der Waals surface area contributed by atoms with Crippen LogP contribution in [0.4, 0.5) is 0 Å². The van der Waals surface area contributed by atoms with Crippen LogP contribution < -0.4 is 0 Å². The highest BCUT2D eigenvalue weighted by atomic mass is 32.1. The van der Waals surface area contributed by atoms with Crippen LogP contribution in [0.3, 0.4) is 0 Å². The summed E-state index contributed by atoms with van der Waals surface area (Å²) in [5.74, 6) is 0. The van der Waals surface area contributed by atoms with Crippen LogP contribution in [-0.4, -0.2) is 34.4 Å². The fourth-order valence-corrected chi connectivity index (χ4v) is 13.4. The van der Waals surface area contributed by atoms with E-state index >= 15 is 0 Å². The van der Waals surface area contributed by atoms with Crippen LogP contribution in [0.25, 0.3) is 0 Å². The molecular weight excluding hydrogens is 288 g/mol. The van der Waals surface area contributed by atoms with Gasteiger partial charge in [0.1, 0.15) is 0 Å². The van der Waals surface area contributed by atoms with Gasteiger partial charge in [0, 0.05) is 17.1 Å². The molecule has 2 aliphatic heterocycles. The normalized spacial score (nSPS) is 39.8. The average molecular weight is 319 g/mol. The van der Waals surface area contributed by atoms with E-state index in [0.29, 0.717) is 6.10 Å². The Balaban J connectivity index is 2.06. The van der Waals surface area contributed by atoms with Crippen molar-refractivity contribution in [2.24, 2.45) is 0 Å². The summed E-state index contributed by atoms with van der Waals surface area (Å²) in [6.07, 6.45) is 6.78. The van der Waals surface area contributed by atoms with Crippen LogP contribution in [0.2, 0.25) is 24.7 Å². The summed E-state index contributed by atoms with van der Waals surface area (Å²) >= 11 is 5.19. The minimum atomic E-state index is -1.72. The van der Waals surface area contributed by atoms with E-state index in [1.54, 1.807) is 0 Å². The Morgan fingerprint density at radius 2 is 2.16 bits per heavy atom. The summed E-state index contributed by atoms with van der Waals surface area (Å²) in [5, 5.41) is 0. The molecule has 0 spiro atoms. The molecule has 2 aliphatic rings. The lowest BCUT2D eigenvalue weighted by atomic mass is 10.2. The van der Waals surface area contributed by atoms with Crippen LogP contribution in [0.15, 0.2) is 0 Å². The third-order valence-corrected chi connectivity index (χ3v) is 15.5. The van der Waals surface area contributed by atoms with Crippen LogP contribution in [0.1, 0.15) is 46.0 Å². The molecule has 19 heavy (non-hydrogen) atoms. The Morgan fingerprint density at radius 1 is 1.37 bits per heavy atom. The maximum absolute atomic E-state index is 6.50. The summed E-state index contributed by atoms with van der Waals surface area (Å²) in [6.45, 7) is 7.96. The molecule has 0 amide bonds. The molecule has 4 atom stereocenters. The first kappa shape index (κ1) is 16.1. The molecule has 0 aromatic heterocycles. The molecule has 0 saturated carbocycles. The van der Waals surface area contributed by atoms with Crippen molar-refractivity contribution in [2.75, 3.05) is 6.61 Å². The van der Waals surface area contributed by atoms with E-state index in [9.17, 15) is 0 Å². The number of thiol groups is 1. The number of rotatable bonds is 4. The van der Waals surface area contributed by atoms with Crippen LogP contribution >= 0.6 is 12.6 Å². The van der Waals surface area contributed by atoms with Gasteiger partial charge in [0.15, 0.2) is 9.04 Å². The van der Waals surface area contributed by atoms with Gasteiger partial charge in [-0.3, -0.25) is 0 Å². The summed E-state index contributed by atoms with van der Waals surface area (Å²) in [6, 6.07) is 3.86. The molecule has 0 aromatic carbocycles. The lowest BCUT2D eigenvalue weighted by Crippen LogP contribution is -2.59. The number of hydrogen-bond donors (Lipinski definition) is 1. The SMILES string of the molecule is CCC(S)(C[SiH]1CCCCO1)[Si]1(C)CCCC(C)O1. The van der Waals surface area contributed by atoms with Gasteiger partial charge >= 0.3 is 0 Å². The largest absolute Gasteiger partial charge is 0.420 e. The van der Waals surface area contributed by atoms with Crippen molar-refractivity contribution in [3.63, 3.8) is 0 Å². The van der Waals surface area contributed by atoms with Crippen LogP contribution in [0.5, 0.6) is 0 Å². The molecule has 2 nitrogen and oxygen atoms in total. The van der Waals surface area contributed by atoms with E-state index in [0.717, 1.165) is 13.0 Å². The molecular formula is C14H30O2SSi2. The molecule has 0 N–H and O–H groups in total. The van der Waals surface area contributed by atoms with Crippen LogP contribution in [-0.2, 0) is 8.85 Å². The topological polar surface area (TPSA) is 18.5 Å². The monoisotopic (exact) mass is 318 g/mol. The standard InChI is InChI=1S/C14H30O2SSi2/c1-4-14(17,12-18-10-6-5-9-15-18)19(3)11-7-8-13(2)16-19/h13,17-18H,4-12H2,1-3H3. The summed E-state index contributed by atoms with van der Waals surface area (Å²) in [7, 11) is -2.74. The van der Waals surface area contributed by atoms with Crippen molar-refractivity contribution in [3.8, 4) is 0 Å². The van der Waals surface area contributed by atoms with Gasteiger partial charge in [-0.05, 0) is 50.9 Å². The Labute approximate surface area is 126 Å². The summed E-state index contributed by atoms with van der Waals surface area (Å²) in [5.41, 5.74) is 0. The van der Waals surface area contributed by atoms with E-state index in [4.69, 9.17) is 21.5 Å². The zero-order valence-electron chi connectivity index (χ0n) is 12.8. The second kappa shape index (κ2) is 6.64. The first-order valence-electron chi connectivity index (χ1n) is 8.01. The predicted molar refractivity (Wildman–Crippen MR) is 90.2 cm³/mol. The third-order valence-electron chi connectivity index (χ3n) is 5.13. The van der Waals surface area contributed by atoms with Crippen molar-refractivity contribution < 1.29 is 8.85 Å². The molecule has 0 aliphatic carbocycles. The maximum atomic E-state index is 6.50. The fraction of sp³-hybridized carbons (Fsp3) is 1.00. The van der Waals surface area contributed by atoms with Gasteiger partial charge in [0.2, 0.25) is 8.32 Å². The molecule has 0 aromatic rings. The zero-order valence-corrected chi connectivity index (χ0v) is 15.8. The highest BCUT2D eigenvalue weighted by Crippen LogP contribution is 2.44. The van der Waals surface area contributed by atoms with Gasteiger partial charge in [-0.25, -0.2) is 0 Å². The smallest absolute Gasteiger partial charge is 0.205 e. The lowest BCUT2D eigenvalue weighted by Gasteiger charge is -2.48. The highest BCUT2D eigenvalue weighted by molar-refractivity contribution is 7.84. The van der Waals surface area contributed by atoms with E-state index in [1.807, 2.05) is 0 Å². The molecule has 5 heteroatoms. The minimum Gasteiger partial charge on any atom is -0.420 e. The Hall–Kier alpha value is 0.704. The van der Waals surface area contributed by atoms with Gasteiger partial charge in [-0.15, -0.1) is 0 Å². The van der Waals surface area contributed by atoms with E-state index in [-0.39, 0.29) is 4.37 Å². The Kier molecular flexibility index (Phi) is 5.62. The molecule has 0 radical (unpaired) electrons. The molecule has 4 unspecified atom stereocenters. The number of hydrogen-bond acceptors (Lipinski definition) is 3. The van der Waals surface area contributed by atoms with E-state index in [1.165, 1.54) is 43.8 Å². The molecule has 2 heterocycles. The van der Waals surface area contributed by atoms with Crippen molar-refractivity contribution in [2.45, 2.75) is 81.1 Å². The first-order valence-corrected chi connectivity index (χ1v) is 13.2. The second-order valence-electron chi connectivity index (χ2n) is 6.63. The van der Waals surface area contributed by atoms with Crippen molar-refractivity contribution in [1.82, 2.24) is 0 Å². The van der Waals surface area contributed by atoms with E-state index in [2.05, 4.69) is 20.4 Å². The highest BCUT2D eigenvalue weighted by Gasteiger charge is 2.51. The quantitative estimate of drug-likeness (QED) is 0.626. The average Bonchev–Trinajstić information content (AvgIpc) is 2.39. The maximum Gasteiger partial charge on any atom is 0.205 e. The summed E-state index contributed by atoms with van der Waals surface area (Å²) in [4.78, 5) is 0. The lowest BCUT2D eigenvalue weighted by molar-refractivity contribution is 0.168. The second-order valence-corrected chi connectivity index (χ2v) is 14.6. The summed E-state index contributed by atoms with van der Waals surface area (Å²) < 4.78 is 12.7. The zero-order chi connectivity index (χ0) is 13.9. The van der Waals surface area contributed by atoms with Gasteiger partial charge < -0.3 is 8.85 Å².